The Morgan fingerprint density at radius 1 is 1.06 bits per heavy atom. The van der Waals surface area contributed by atoms with Gasteiger partial charge in [-0.15, -0.1) is 0 Å². The fourth-order valence-corrected chi connectivity index (χ4v) is 4.28. The SMILES string of the molecule is Cc1ccc(NC(=O)CSc2nc3ccccc3c(=O)n2Cc2ccccc2)c(Cl)c1. The Kier molecular flexibility index (Phi) is 6.39. The number of anilines is 1. The Hall–Kier alpha value is -3.09. The predicted octanol–water partition coefficient (Wildman–Crippen LogP) is 5.14. The second-order valence-corrected chi connectivity index (χ2v) is 8.46. The van der Waals surface area contributed by atoms with Crippen LogP contribution in [0.2, 0.25) is 5.02 Å². The van der Waals surface area contributed by atoms with Crippen molar-refractivity contribution in [3.8, 4) is 0 Å². The number of aromatic nitrogens is 2. The number of amides is 1. The molecular weight excluding hydrogens is 430 g/mol. The van der Waals surface area contributed by atoms with Gasteiger partial charge in [0.05, 0.1) is 33.9 Å². The first-order chi connectivity index (χ1) is 15.0. The Morgan fingerprint density at radius 3 is 2.58 bits per heavy atom. The Labute approximate surface area is 189 Å². The van der Waals surface area contributed by atoms with Gasteiger partial charge in [-0.05, 0) is 42.3 Å². The van der Waals surface area contributed by atoms with Crippen LogP contribution in [0.1, 0.15) is 11.1 Å². The number of fused-ring (bicyclic) bond motifs is 1. The van der Waals surface area contributed by atoms with E-state index in [1.54, 1.807) is 28.8 Å². The maximum absolute atomic E-state index is 13.2. The fourth-order valence-electron chi connectivity index (χ4n) is 3.20. The van der Waals surface area contributed by atoms with E-state index in [0.717, 1.165) is 11.1 Å². The van der Waals surface area contributed by atoms with Gasteiger partial charge < -0.3 is 5.32 Å². The van der Waals surface area contributed by atoms with Crippen LogP contribution in [0.4, 0.5) is 5.69 Å². The molecule has 0 bridgehead atoms. The summed E-state index contributed by atoms with van der Waals surface area (Å²) in [6, 6.07) is 22.4. The molecule has 4 rings (SSSR count). The van der Waals surface area contributed by atoms with Crippen LogP contribution in [0.25, 0.3) is 10.9 Å². The van der Waals surface area contributed by atoms with Gasteiger partial charge in [-0.3, -0.25) is 14.2 Å². The molecule has 0 radical (unpaired) electrons. The average Bonchev–Trinajstić information content (AvgIpc) is 2.77. The van der Waals surface area contributed by atoms with Gasteiger partial charge in [-0.1, -0.05) is 71.9 Å². The summed E-state index contributed by atoms with van der Waals surface area (Å²) in [6.45, 7) is 2.32. The highest BCUT2D eigenvalue weighted by molar-refractivity contribution is 7.99. The number of hydrogen-bond donors (Lipinski definition) is 1. The fraction of sp³-hybridized carbons (Fsp3) is 0.125. The lowest BCUT2D eigenvalue weighted by Gasteiger charge is -2.13. The number of rotatable bonds is 6. The van der Waals surface area contributed by atoms with E-state index in [4.69, 9.17) is 11.6 Å². The number of hydrogen-bond acceptors (Lipinski definition) is 4. The summed E-state index contributed by atoms with van der Waals surface area (Å²) >= 11 is 7.44. The summed E-state index contributed by atoms with van der Waals surface area (Å²) in [7, 11) is 0. The van der Waals surface area contributed by atoms with Gasteiger partial charge in [0.1, 0.15) is 0 Å². The third kappa shape index (κ3) is 4.98. The molecule has 7 heteroatoms. The van der Waals surface area contributed by atoms with Crippen LogP contribution in [0.3, 0.4) is 0 Å². The molecule has 0 saturated carbocycles. The third-order valence-corrected chi connectivity index (χ3v) is 6.03. The molecule has 0 fully saturated rings. The van der Waals surface area contributed by atoms with E-state index < -0.39 is 0 Å². The molecule has 1 aromatic heterocycles. The number of halogens is 1. The van der Waals surface area contributed by atoms with Gasteiger partial charge >= 0.3 is 0 Å². The van der Waals surface area contributed by atoms with Crippen molar-refractivity contribution < 1.29 is 4.79 Å². The molecule has 0 unspecified atom stereocenters. The summed E-state index contributed by atoms with van der Waals surface area (Å²) in [5.74, 6) is -0.117. The standard InChI is InChI=1S/C24H20ClN3O2S/c1-16-11-12-21(19(25)13-16)26-22(29)15-31-24-27-20-10-6-5-9-18(20)23(30)28(24)14-17-7-3-2-4-8-17/h2-13H,14-15H2,1H3,(H,26,29). The minimum absolute atomic E-state index is 0.101. The molecule has 156 valence electrons. The Balaban J connectivity index is 1.60. The van der Waals surface area contributed by atoms with Crippen molar-refractivity contribution >= 4 is 45.9 Å². The van der Waals surface area contributed by atoms with Crippen molar-refractivity contribution in [3.05, 3.63) is 99.3 Å². The smallest absolute Gasteiger partial charge is 0.262 e. The summed E-state index contributed by atoms with van der Waals surface area (Å²) in [5.41, 5.74) is 3.05. The zero-order valence-corrected chi connectivity index (χ0v) is 18.4. The van der Waals surface area contributed by atoms with E-state index in [1.165, 1.54) is 11.8 Å². The minimum atomic E-state index is -0.218. The molecule has 1 heterocycles. The van der Waals surface area contributed by atoms with Crippen LogP contribution in [0.15, 0.2) is 82.7 Å². The van der Waals surface area contributed by atoms with E-state index in [1.807, 2.05) is 55.5 Å². The molecule has 0 aliphatic heterocycles. The molecule has 4 aromatic rings. The van der Waals surface area contributed by atoms with E-state index in [9.17, 15) is 9.59 Å². The molecule has 5 nitrogen and oxygen atoms in total. The minimum Gasteiger partial charge on any atom is -0.324 e. The van der Waals surface area contributed by atoms with E-state index in [0.29, 0.717) is 33.3 Å². The molecule has 31 heavy (non-hydrogen) atoms. The molecule has 0 spiro atoms. The van der Waals surface area contributed by atoms with Crippen LogP contribution in [-0.4, -0.2) is 21.2 Å². The van der Waals surface area contributed by atoms with Crippen LogP contribution < -0.4 is 10.9 Å². The van der Waals surface area contributed by atoms with Gasteiger partial charge in [0.25, 0.3) is 5.56 Å². The van der Waals surface area contributed by atoms with Crippen molar-refractivity contribution in [2.75, 3.05) is 11.1 Å². The molecule has 1 N–H and O–H groups in total. The topological polar surface area (TPSA) is 64.0 Å². The van der Waals surface area contributed by atoms with Gasteiger partial charge in [0.15, 0.2) is 5.16 Å². The lowest BCUT2D eigenvalue weighted by molar-refractivity contribution is -0.113. The first kappa shape index (κ1) is 21.2. The van der Waals surface area contributed by atoms with Gasteiger partial charge in [0.2, 0.25) is 5.91 Å². The quantitative estimate of drug-likeness (QED) is 0.327. The highest BCUT2D eigenvalue weighted by Crippen LogP contribution is 2.24. The number of nitrogens with one attached hydrogen (secondary N) is 1. The van der Waals surface area contributed by atoms with Crippen molar-refractivity contribution in [2.45, 2.75) is 18.6 Å². The first-order valence-corrected chi connectivity index (χ1v) is 11.1. The molecular formula is C24H20ClN3O2S. The zero-order chi connectivity index (χ0) is 21.8. The molecule has 0 aliphatic carbocycles. The molecule has 3 aromatic carbocycles. The maximum atomic E-state index is 13.2. The van der Waals surface area contributed by atoms with Crippen molar-refractivity contribution in [3.63, 3.8) is 0 Å². The number of para-hydroxylation sites is 1. The Morgan fingerprint density at radius 2 is 1.81 bits per heavy atom. The van der Waals surface area contributed by atoms with Gasteiger partial charge in [0, 0.05) is 0 Å². The number of thioether (sulfide) groups is 1. The predicted molar refractivity (Wildman–Crippen MR) is 127 cm³/mol. The summed E-state index contributed by atoms with van der Waals surface area (Å²) < 4.78 is 1.62. The highest BCUT2D eigenvalue weighted by atomic mass is 35.5. The largest absolute Gasteiger partial charge is 0.324 e. The summed E-state index contributed by atoms with van der Waals surface area (Å²) in [4.78, 5) is 30.4. The normalized spacial score (nSPS) is 10.9. The monoisotopic (exact) mass is 449 g/mol. The van der Waals surface area contributed by atoms with Crippen LogP contribution >= 0.6 is 23.4 Å². The van der Waals surface area contributed by atoms with Crippen LogP contribution in [0, 0.1) is 6.92 Å². The first-order valence-electron chi connectivity index (χ1n) is 9.73. The lowest BCUT2D eigenvalue weighted by atomic mass is 10.2. The van der Waals surface area contributed by atoms with Crippen LogP contribution in [0.5, 0.6) is 0 Å². The average molecular weight is 450 g/mol. The Bertz CT molecular complexity index is 1310. The molecule has 0 atom stereocenters. The maximum Gasteiger partial charge on any atom is 0.262 e. The highest BCUT2D eigenvalue weighted by Gasteiger charge is 2.14. The number of nitrogens with zero attached hydrogens (tertiary/aromatic N) is 2. The molecule has 0 aliphatic rings. The number of benzene rings is 3. The van der Waals surface area contributed by atoms with Gasteiger partial charge in [-0.2, -0.15) is 0 Å². The van der Waals surface area contributed by atoms with Crippen LogP contribution in [-0.2, 0) is 11.3 Å². The second kappa shape index (κ2) is 9.37. The lowest BCUT2D eigenvalue weighted by Crippen LogP contribution is -2.24. The number of carbonyl (C=O) groups is 1. The van der Waals surface area contributed by atoms with E-state index >= 15 is 0 Å². The van der Waals surface area contributed by atoms with Gasteiger partial charge in [-0.25, -0.2) is 4.98 Å². The van der Waals surface area contributed by atoms with Crippen molar-refractivity contribution in [1.29, 1.82) is 0 Å². The van der Waals surface area contributed by atoms with Crippen molar-refractivity contribution in [2.24, 2.45) is 0 Å². The third-order valence-electron chi connectivity index (χ3n) is 4.74. The number of carbonyl (C=O) groups excluding carboxylic acids is 1. The van der Waals surface area contributed by atoms with E-state index in [-0.39, 0.29) is 17.2 Å². The summed E-state index contributed by atoms with van der Waals surface area (Å²) in [6.07, 6.45) is 0. The second-order valence-electron chi connectivity index (χ2n) is 7.11. The van der Waals surface area contributed by atoms with E-state index in [2.05, 4.69) is 10.3 Å². The summed E-state index contributed by atoms with van der Waals surface area (Å²) in [5, 5.41) is 4.36. The van der Waals surface area contributed by atoms with Crippen molar-refractivity contribution in [1.82, 2.24) is 9.55 Å². The molecule has 0 saturated heterocycles. The molecule has 1 amide bonds. The zero-order valence-electron chi connectivity index (χ0n) is 16.8. The number of aryl methyl sites for hydroxylation is 1.